The zero-order chi connectivity index (χ0) is 13.6. The highest BCUT2D eigenvalue weighted by molar-refractivity contribution is 6.31. The minimum Gasteiger partial charge on any atom is -0.388 e. The molecule has 0 radical (unpaired) electrons. The predicted octanol–water partition coefficient (Wildman–Crippen LogP) is 3.18. The number of hydrogen-bond donors (Lipinski definition) is 1. The number of nitrogens with zero attached hydrogens (tertiary/aromatic N) is 1. The van der Waals surface area contributed by atoms with Crippen LogP contribution in [0.25, 0.3) is 0 Å². The summed E-state index contributed by atoms with van der Waals surface area (Å²) in [5.74, 6) is 0. The minimum absolute atomic E-state index is 0.488. The zero-order valence-electron chi connectivity index (χ0n) is 11.7. The summed E-state index contributed by atoms with van der Waals surface area (Å²) >= 11 is 6.29. The van der Waals surface area contributed by atoms with Gasteiger partial charge in [-0.05, 0) is 50.3 Å². The quantitative estimate of drug-likeness (QED) is 0.919. The van der Waals surface area contributed by atoms with E-state index in [4.69, 9.17) is 11.6 Å². The fraction of sp³-hybridized carbons (Fsp3) is 0.625. The molecule has 0 spiro atoms. The van der Waals surface area contributed by atoms with Gasteiger partial charge in [-0.3, -0.25) is 4.90 Å². The average Bonchev–Trinajstić information content (AvgIpc) is 3.10. The Hall–Kier alpha value is -0.570. The Morgan fingerprint density at radius 1 is 1.42 bits per heavy atom. The summed E-state index contributed by atoms with van der Waals surface area (Å²) in [5.41, 5.74) is 1.63. The van der Waals surface area contributed by atoms with E-state index in [0.717, 1.165) is 29.6 Å². The van der Waals surface area contributed by atoms with Crippen molar-refractivity contribution in [2.45, 2.75) is 57.2 Å². The molecule has 2 atom stereocenters. The maximum absolute atomic E-state index is 10.9. The van der Waals surface area contributed by atoms with Gasteiger partial charge in [0.2, 0.25) is 0 Å². The lowest BCUT2D eigenvalue weighted by Gasteiger charge is -2.24. The summed E-state index contributed by atoms with van der Waals surface area (Å²) in [7, 11) is 0. The molecule has 1 saturated heterocycles. The summed E-state index contributed by atoms with van der Waals surface area (Å²) in [5, 5.41) is 11.6. The molecule has 1 saturated carbocycles. The Kier molecular flexibility index (Phi) is 3.36. The van der Waals surface area contributed by atoms with Crippen molar-refractivity contribution in [2.24, 2.45) is 0 Å². The van der Waals surface area contributed by atoms with E-state index in [1.807, 2.05) is 13.0 Å². The van der Waals surface area contributed by atoms with Gasteiger partial charge in [0.1, 0.15) is 0 Å². The number of benzene rings is 1. The van der Waals surface area contributed by atoms with Crippen LogP contribution < -0.4 is 0 Å². The van der Waals surface area contributed by atoms with Crippen LogP contribution in [-0.2, 0) is 6.42 Å². The van der Waals surface area contributed by atoms with Crippen LogP contribution >= 0.6 is 11.6 Å². The number of halogens is 1. The average molecular weight is 280 g/mol. The van der Waals surface area contributed by atoms with E-state index >= 15 is 0 Å². The lowest BCUT2D eigenvalue weighted by molar-refractivity contribution is 0.0487. The van der Waals surface area contributed by atoms with Gasteiger partial charge in [0.15, 0.2) is 0 Å². The van der Waals surface area contributed by atoms with Gasteiger partial charge in [-0.1, -0.05) is 23.7 Å². The maximum Gasteiger partial charge on any atom is 0.0829 e. The molecule has 0 aromatic heterocycles. The Balaban J connectivity index is 1.75. The predicted molar refractivity (Wildman–Crippen MR) is 78.6 cm³/mol. The van der Waals surface area contributed by atoms with Gasteiger partial charge in [0.05, 0.1) is 5.60 Å². The second-order valence-electron chi connectivity index (χ2n) is 6.45. The van der Waals surface area contributed by atoms with Gasteiger partial charge < -0.3 is 5.11 Å². The van der Waals surface area contributed by atoms with E-state index in [0.29, 0.717) is 12.5 Å². The number of aryl methyl sites for hydroxylation is 1. The fourth-order valence-electron chi connectivity index (χ4n) is 3.40. The number of β-amino-alcohol motifs (C(OH)–C–C–N with tert-alkyl or cyclic N) is 1. The third-order valence-corrected chi connectivity index (χ3v) is 4.81. The van der Waals surface area contributed by atoms with Crippen LogP contribution in [0.1, 0.15) is 37.3 Å². The van der Waals surface area contributed by atoms with Crippen LogP contribution in [0.2, 0.25) is 5.02 Å². The number of rotatable bonds is 3. The molecule has 1 heterocycles. The van der Waals surface area contributed by atoms with Gasteiger partial charge in [-0.2, -0.15) is 0 Å². The Morgan fingerprint density at radius 3 is 2.79 bits per heavy atom. The normalized spacial score (nSPS) is 31.9. The third-order valence-electron chi connectivity index (χ3n) is 4.46. The van der Waals surface area contributed by atoms with Crippen molar-refractivity contribution in [1.82, 2.24) is 4.90 Å². The molecule has 3 rings (SSSR count). The van der Waals surface area contributed by atoms with Gasteiger partial charge in [0, 0.05) is 30.1 Å². The molecular weight excluding hydrogens is 258 g/mol. The zero-order valence-corrected chi connectivity index (χ0v) is 12.5. The van der Waals surface area contributed by atoms with Crippen molar-refractivity contribution < 1.29 is 5.11 Å². The fourth-order valence-corrected chi connectivity index (χ4v) is 3.70. The van der Waals surface area contributed by atoms with Gasteiger partial charge in [0.25, 0.3) is 0 Å². The van der Waals surface area contributed by atoms with Crippen LogP contribution in [0.4, 0.5) is 0 Å². The van der Waals surface area contributed by atoms with Gasteiger partial charge in [-0.25, -0.2) is 0 Å². The Morgan fingerprint density at radius 2 is 2.16 bits per heavy atom. The van der Waals surface area contributed by atoms with Crippen molar-refractivity contribution in [3.8, 4) is 0 Å². The molecule has 0 amide bonds. The summed E-state index contributed by atoms with van der Waals surface area (Å²) in [6, 6.07) is 7.32. The SMILES string of the molecule is Cc1ccc(CC2(O)CC(C)N(C3CC3)C2)c(Cl)c1. The van der Waals surface area contributed by atoms with Crippen LogP contribution in [0.15, 0.2) is 18.2 Å². The van der Waals surface area contributed by atoms with E-state index in [1.54, 1.807) is 0 Å². The van der Waals surface area contributed by atoms with E-state index in [-0.39, 0.29) is 0 Å². The van der Waals surface area contributed by atoms with Crippen LogP contribution in [0.5, 0.6) is 0 Å². The molecule has 1 aliphatic carbocycles. The van der Waals surface area contributed by atoms with E-state index in [1.165, 1.54) is 18.4 Å². The number of hydrogen-bond acceptors (Lipinski definition) is 2. The largest absolute Gasteiger partial charge is 0.388 e. The van der Waals surface area contributed by atoms with Crippen molar-refractivity contribution in [2.75, 3.05) is 6.54 Å². The summed E-state index contributed by atoms with van der Waals surface area (Å²) in [6.45, 7) is 5.06. The first-order chi connectivity index (χ1) is 8.97. The summed E-state index contributed by atoms with van der Waals surface area (Å²) in [6.07, 6.45) is 4.12. The molecule has 3 heteroatoms. The lowest BCUT2D eigenvalue weighted by atomic mass is 9.92. The van der Waals surface area contributed by atoms with Gasteiger partial charge in [-0.15, -0.1) is 0 Å². The molecular formula is C16H22ClNO. The van der Waals surface area contributed by atoms with E-state index in [9.17, 15) is 5.11 Å². The Labute approximate surface area is 120 Å². The maximum atomic E-state index is 10.9. The Bertz CT molecular complexity index is 486. The minimum atomic E-state index is -0.610. The third kappa shape index (κ3) is 2.81. The van der Waals surface area contributed by atoms with Crippen molar-refractivity contribution in [3.05, 3.63) is 34.3 Å². The first kappa shape index (κ1) is 13.4. The number of likely N-dealkylation sites (tertiary alicyclic amines) is 1. The first-order valence-corrected chi connectivity index (χ1v) is 7.58. The molecule has 19 heavy (non-hydrogen) atoms. The summed E-state index contributed by atoms with van der Waals surface area (Å²) < 4.78 is 0. The molecule has 1 aromatic rings. The summed E-state index contributed by atoms with van der Waals surface area (Å²) in [4.78, 5) is 2.47. The van der Waals surface area contributed by atoms with E-state index in [2.05, 4.69) is 24.0 Å². The molecule has 1 aliphatic heterocycles. The highest BCUT2D eigenvalue weighted by Crippen LogP contribution is 2.39. The molecule has 1 N–H and O–H groups in total. The van der Waals surface area contributed by atoms with Crippen molar-refractivity contribution in [1.29, 1.82) is 0 Å². The van der Waals surface area contributed by atoms with Crippen molar-refractivity contribution >= 4 is 11.6 Å². The monoisotopic (exact) mass is 279 g/mol. The molecule has 0 bridgehead atoms. The molecule has 2 aliphatic rings. The van der Waals surface area contributed by atoms with Crippen LogP contribution in [0, 0.1) is 6.92 Å². The van der Waals surface area contributed by atoms with Crippen LogP contribution in [0.3, 0.4) is 0 Å². The number of aliphatic hydroxyl groups is 1. The highest BCUT2D eigenvalue weighted by Gasteiger charge is 2.46. The molecule has 104 valence electrons. The molecule has 2 nitrogen and oxygen atoms in total. The van der Waals surface area contributed by atoms with Gasteiger partial charge >= 0.3 is 0 Å². The second kappa shape index (κ2) is 4.76. The van der Waals surface area contributed by atoms with E-state index < -0.39 is 5.60 Å². The standard InChI is InChI=1S/C16H22ClNO/c1-11-3-4-13(15(17)7-11)9-16(19)8-12(2)18(10-16)14-5-6-14/h3-4,7,12,14,19H,5-6,8-10H2,1-2H3. The van der Waals surface area contributed by atoms with Crippen molar-refractivity contribution in [3.63, 3.8) is 0 Å². The molecule has 2 unspecified atom stereocenters. The molecule has 2 fully saturated rings. The highest BCUT2D eigenvalue weighted by atomic mass is 35.5. The van der Waals surface area contributed by atoms with Crippen LogP contribution in [-0.4, -0.2) is 34.2 Å². The lowest BCUT2D eigenvalue weighted by Crippen LogP contribution is -2.36. The smallest absolute Gasteiger partial charge is 0.0829 e. The molecule has 1 aromatic carbocycles. The topological polar surface area (TPSA) is 23.5 Å². The second-order valence-corrected chi connectivity index (χ2v) is 6.86. The first-order valence-electron chi connectivity index (χ1n) is 7.20.